The smallest absolute Gasteiger partial charge is 0.0610 e. The molecule has 1 rings (SSSR count). The molecule has 0 heterocycles. The highest BCUT2D eigenvalue weighted by Gasteiger charge is 1.98. The summed E-state index contributed by atoms with van der Waals surface area (Å²) in [5.41, 5.74) is 3.97. The number of halogens is 1. The monoisotopic (exact) mass is 257 g/mol. The maximum absolute atomic E-state index is 5.22. The van der Waals surface area contributed by atoms with Gasteiger partial charge in [-0.3, -0.25) is 10.7 Å². The van der Waals surface area contributed by atoms with Crippen molar-refractivity contribution in [3.8, 4) is 0 Å². The Morgan fingerprint density at radius 2 is 2.29 bits per heavy atom. The topological polar surface area (TPSA) is 41.3 Å². The Balaban J connectivity index is 2.37. The molecule has 0 radical (unpaired) electrons. The van der Waals surface area contributed by atoms with Crippen LogP contribution in [-0.2, 0) is 6.42 Å². The van der Waals surface area contributed by atoms with Crippen LogP contribution in [0.15, 0.2) is 28.7 Å². The molecule has 0 saturated heterocycles. The van der Waals surface area contributed by atoms with E-state index in [1.165, 1.54) is 5.56 Å². The molecule has 0 amide bonds. The molecule has 78 valence electrons. The Labute approximate surface area is 93.4 Å². The number of hydrazine groups is 1. The van der Waals surface area contributed by atoms with Crippen LogP contribution in [-0.4, -0.2) is 25.2 Å². The number of likely N-dealkylation sites (N-methyl/N-ethyl adjacent to an activating group) is 1. The van der Waals surface area contributed by atoms with Gasteiger partial charge in [-0.05, 0) is 31.2 Å². The first kappa shape index (κ1) is 11.7. The van der Waals surface area contributed by atoms with Crippen molar-refractivity contribution in [3.05, 3.63) is 34.3 Å². The molecule has 0 aromatic heterocycles. The zero-order valence-corrected chi connectivity index (χ0v) is 9.92. The summed E-state index contributed by atoms with van der Waals surface area (Å²) in [5.74, 6) is 5.22. The van der Waals surface area contributed by atoms with Crippen LogP contribution >= 0.6 is 15.9 Å². The molecular weight excluding hydrogens is 242 g/mol. The lowest BCUT2D eigenvalue weighted by atomic mass is 10.1. The minimum absolute atomic E-state index is 0.716. The third-order valence-corrected chi connectivity index (χ3v) is 2.53. The molecule has 3 N–H and O–H groups in total. The third kappa shape index (κ3) is 4.19. The first-order valence-electron chi connectivity index (χ1n) is 4.59. The maximum Gasteiger partial charge on any atom is 0.0610 e. The first-order chi connectivity index (χ1) is 6.72. The molecule has 0 unspecified atom stereocenters. The lowest BCUT2D eigenvalue weighted by molar-refractivity contribution is 0.313. The molecule has 0 saturated carbocycles. The number of hydrogen-bond donors (Lipinski definition) is 2. The summed E-state index contributed by atoms with van der Waals surface area (Å²) in [6.45, 7) is 1.72. The molecule has 0 aliphatic rings. The van der Waals surface area contributed by atoms with Crippen molar-refractivity contribution in [3.63, 3.8) is 0 Å². The molecule has 0 spiro atoms. The van der Waals surface area contributed by atoms with Gasteiger partial charge in [0.1, 0.15) is 0 Å². The molecule has 14 heavy (non-hydrogen) atoms. The molecule has 3 nitrogen and oxygen atoms in total. The van der Waals surface area contributed by atoms with Gasteiger partial charge >= 0.3 is 0 Å². The number of nitrogens with zero attached hydrogens (tertiary/aromatic N) is 1. The van der Waals surface area contributed by atoms with E-state index in [0.29, 0.717) is 6.67 Å². The Kier molecular flexibility index (Phi) is 5.11. The Morgan fingerprint density at radius 3 is 2.93 bits per heavy atom. The average Bonchev–Trinajstić information content (AvgIpc) is 2.15. The van der Waals surface area contributed by atoms with Crippen molar-refractivity contribution >= 4 is 15.9 Å². The highest BCUT2D eigenvalue weighted by Crippen LogP contribution is 2.11. The first-order valence-corrected chi connectivity index (χ1v) is 5.38. The summed E-state index contributed by atoms with van der Waals surface area (Å²) in [4.78, 5) is 2.14. The number of hydrogen-bond acceptors (Lipinski definition) is 3. The average molecular weight is 258 g/mol. The van der Waals surface area contributed by atoms with E-state index >= 15 is 0 Å². The maximum atomic E-state index is 5.22. The zero-order chi connectivity index (χ0) is 10.4. The summed E-state index contributed by atoms with van der Waals surface area (Å²) in [5, 5.41) is 0. The van der Waals surface area contributed by atoms with Crippen LogP contribution in [0, 0.1) is 0 Å². The van der Waals surface area contributed by atoms with Crippen LogP contribution in [0.5, 0.6) is 0 Å². The summed E-state index contributed by atoms with van der Waals surface area (Å²) in [7, 11) is 2.04. The van der Waals surface area contributed by atoms with Crippen molar-refractivity contribution in [2.24, 2.45) is 5.84 Å². The van der Waals surface area contributed by atoms with E-state index in [9.17, 15) is 0 Å². The highest BCUT2D eigenvalue weighted by molar-refractivity contribution is 9.10. The SMILES string of the molecule is CN(CCc1cccc(Br)c1)CNN. The standard InChI is InChI=1S/C10H16BrN3/c1-14(8-13-12)6-5-9-3-2-4-10(11)7-9/h2-4,7,13H,5-6,8,12H2,1H3. The minimum atomic E-state index is 0.716. The molecule has 0 aliphatic carbocycles. The molecule has 0 atom stereocenters. The predicted octanol–water partition coefficient (Wildman–Crippen LogP) is 1.34. The van der Waals surface area contributed by atoms with E-state index < -0.39 is 0 Å². The fourth-order valence-electron chi connectivity index (χ4n) is 1.25. The van der Waals surface area contributed by atoms with Crippen LogP contribution in [0.25, 0.3) is 0 Å². The molecule has 0 bridgehead atoms. The second-order valence-corrected chi connectivity index (χ2v) is 4.24. The van der Waals surface area contributed by atoms with Gasteiger partial charge in [-0.2, -0.15) is 0 Å². The van der Waals surface area contributed by atoms with Crippen LogP contribution in [0.3, 0.4) is 0 Å². The number of nitrogens with two attached hydrogens (primary N) is 1. The summed E-state index contributed by atoms with van der Waals surface area (Å²) < 4.78 is 1.13. The second kappa shape index (κ2) is 6.14. The number of rotatable bonds is 5. The van der Waals surface area contributed by atoms with Gasteiger partial charge in [0, 0.05) is 11.0 Å². The van der Waals surface area contributed by atoms with Gasteiger partial charge in [0.2, 0.25) is 0 Å². The summed E-state index contributed by atoms with van der Waals surface area (Å²) in [6.07, 6.45) is 1.04. The quantitative estimate of drug-likeness (QED) is 0.476. The Bertz CT molecular complexity index is 278. The van der Waals surface area contributed by atoms with E-state index in [2.05, 4.69) is 44.5 Å². The fraction of sp³-hybridized carbons (Fsp3) is 0.400. The van der Waals surface area contributed by atoms with E-state index in [1.54, 1.807) is 0 Å². The Hall–Kier alpha value is -0.420. The van der Waals surface area contributed by atoms with Gasteiger partial charge in [0.05, 0.1) is 6.67 Å². The molecular formula is C10H16BrN3. The van der Waals surface area contributed by atoms with Gasteiger partial charge in [-0.15, -0.1) is 0 Å². The predicted molar refractivity (Wildman–Crippen MR) is 62.7 cm³/mol. The van der Waals surface area contributed by atoms with Gasteiger partial charge < -0.3 is 0 Å². The summed E-state index contributed by atoms with van der Waals surface area (Å²) in [6, 6.07) is 8.37. The Morgan fingerprint density at radius 1 is 1.50 bits per heavy atom. The van der Waals surface area contributed by atoms with Crippen LogP contribution < -0.4 is 11.3 Å². The van der Waals surface area contributed by atoms with Crippen molar-refractivity contribution in [1.82, 2.24) is 10.3 Å². The number of nitrogens with one attached hydrogen (secondary N) is 1. The summed E-state index contributed by atoms with van der Waals surface area (Å²) >= 11 is 3.45. The second-order valence-electron chi connectivity index (χ2n) is 3.32. The molecule has 0 aliphatic heterocycles. The van der Waals surface area contributed by atoms with Gasteiger partial charge in [0.15, 0.2) is 0 Å². The fourth-order valence-corrected chi connectivity index (χ4v) is 1.69. The van der Waals surface area contributed by atoms with E-state index in [1.807, 2.05) is 13.1 Å². The largest absolute Gasteiger partial charge is 0.292 e. The normalized spacial score (nSPS) is 10.9. The number of benzene rings is 1. The van der Waals surface area contributed by atoms with Gasteiger partial charge in [0.25, 0.3) is 0 Å². The van der Waals surface area contributed by atoms with Crippen molar-refractivity contribution < 1.29 is 0 Å². The van der Waals surface area contributed by atoms with Crippen LogP contribution in [0.1, 0.15) is 5.56 Å². The molecule has 0 fully saturated rings. The highest BCUT2D eigenvalue weighted by atomic mass is 79.9. The van der Waals surface area contributed by atoms with Gasteiger partial charge in [-0.25, -0.2) is 5.43 Å². The van der Waals surface area contributed by atoms with Crippen molar-refractivity contribution in [1.29, 1.82) is 0 Å². The van der Waals surface area contributed by atoms with Crippen LogP contribution in [0.2, 0.25) is 0 Å². The molecule has 1 aromatic rings. The lowest BCUT2D eigenvalue weighted by Crippen LogP contribution is -2.36. The lowest BCUT2D eigenvalue weighted by Gasteiger charge is -2.15. The van der Waals surface area contributed by atoms with E-state index in [-0.39, 0.29) is 0 Å². The molecule has 4 heteroatoms. The third-order valence-electron chi connectivity index (χ3n) is 2.03. The van der Waals surface area contributed by atoms with Crippen molar-refractivity contribution in [2.45, 2.75) is 6.42 Å². The van der Waals surface area contributed by atoms with Crippen molar-refractivity contribution in [2.75, 3.05) is 20.3 Å². The minimum Gasteiger partial charge on any atom is -0.292 e. The van der Waals surface area contributed by atoms with E-state index in [4.69, 9.17) is 5.84 Å². The van der Waals surface area contributed by atoms with E-state index in [0.717, 1.165) is 17.4 Å². The zero-order valence-electron chi connectivity index (χ0n) is 8.33. The van der Waals surface area contributed by atoms with Crippen LogP contribution in [0.4, 0.5) is 0 Å². The van der Waals surface area contributed by atoms with Gasteiger partial charge in [-0.1, -0.05) is 28.1 Å². The molecule has 1 aromatic carbocycles.